The molecule has 122 valence electrons. The highest BCUT2D eigenvalue weighted by Gasteiger charge is 2.27. The van der Waals surface area contributed by atoms with Crippen LogP contribution in [-0.4, -0.2) is 23.8 Å². The van der Waals surface area contributed by atoms with Gasteiger partial charge in [-0.15, -0.1) is 0 Å². The molecule has 6 nitrogen and oxygen atoms in total. The van der Waals surface area contributed by atoms with Crippen molar-refractivity contribution in [3.63, 3.8) is 0 Å². The van der Waals surface area contributed by atoms with E-state index in [1.54, 1.807) is 6.07 Å². The molecule has 0 aromatic heterocycles. The highest BCUT2D eigenvalue weighted by Crippen LogP contribution is 2.13. The maximum absolute atomic E-state index is 12.4. The third-order valence-electron chi connectivity index (χ3n) is 3.55. The molecule has 0 saturated carbocycles. The van der Waals surface area contributed by atoms with Crippen molar-refractivity contribution in [1.82, 2.24) is 5.32 Å². The number of aliphatic imine (C=N–C) groups is 1. The van der Waals surface area contributed by atoms with Gasteiger partial charge < -0.3 is 10.6 Å². The Morgan fingerprint density at radius 3 is 2.62 bits per heavy atom. The second kappa shape index (κ2) is 6.95. The van der Waals surface area contributed by atoms with E-state index in [1.807, 2.05) is 55.5 Å². The van der Waals surface area contributed by atoms with Gasteiger partial charge in [0.2, 0.25) is 17.8 Å². The van der Waals surface area contributed by atoms with E-state index >= 15 is 0 Å². The van der Waals surface area contributed by atoms with Crippen molar-refractivity contribution in [1.29, 1.82) is 0 Å². The molecule has 3 rings (SSSR count). The fourth-order valence-corrected chi connectivity index (χ4v) is 2.41. The summed E-state index contributed by atoms with van der Waals surface area (Å²) >= 11 is 0. The maximum Gasteiger partial charge on any atom is 0.249 e. The SMILES string of the molecule is Cc1cccc(NC(=O)[C@@H]2CC(=O)NC(Nc3ccccc3)=N2)c1. The molecule has 1 aliphatic rings. The summed E-state index contributed by atoms with van der Waals surface area (Å²) in [7, 11) is 0. The first-order valence-electron chi connectivity index (χ1n) is 7.67. The number of nitrogens with one attached hydrogen (secondary N) is 3. The number of hydrogen-bond acceptors (Lipinski definition) is 4. The molecule has 0 fully saturated rings. The van der Waals surface area contributed by atoms with Crippen LogP contribution in [0, 0.1) is 6.92 Å². The Bertz CT molecular complexity index is 787. The fourth-order valence-electron chi connectivity index (χ4n) is 2.41. The normalized spacial score (nSPS) is 16.8. The van der Waals surface area contributed by atoms with Gasteiger partial charge in [-0.2, -0.15) is 0 Å². The number of hydrogen-bond donors (Lipinski definition) is 3. The highest BCUT2D eigenvalue weighted by molar-refractivity contribution is 6.09. The van der Waals surface area contributed by atoms with Crippen LogP contribution in [0.2, 0.25) is 0 Å². The Morgan fingerprint density at radius 1 is 1.12 bits per heavy atom. The average molecular weight is 322 g/mol. The summed E-state index contributed by atoms with van der Waals surface area (Å²) < 4.78 is 0. The zero-order chi connectivity index (χ0) is 16.9. The molecule has 0 spiro atoms. The number of nitrogens with zero attached hydrogens (tertiary/aromatic N) is 1. The fraction of sp³-hybridized carbons (Fsp3) is 0.167. The lowest BCUT2D eigenvalue weighted by molar-refractivity contribution is -0.124. The van der Waals surface area contributed by atoms with Crippen molar-refractivity contribution < 1.29 is 9.59 Å². The molecule has 1 aliphatic heterocycles. The molecule has 0 bridgehead atoms. The Kier molecular flexibility index (Phi) is 4.56. The lowest BCUT2D eigenvalue weighted by atomic mass is 10.1. The smallest absolute Gasteiger partial charge is 0.249 e. The summed E-state index contributed by atoms with van der Waals surface area (Å²) in [6.07, 6.45) is 0.0254. The number of carbonyl (C=O) groups is 2. The third-order valence-corrected chi connectivity index (χ3v) is 3.55. The molecule has 0 unspecified atom stereocenters. The predicted octanol–water partition coefficient (Wildman–Crippen LogP) is 2.29. The number of carbonyl (C=O) groups excluding carboxylic acids is 2. The van der Waals surface area contributed by atoms with Crippen molar-refractivity contribution in [2.24, 2.45) is 4.99 Å². The molecule has 0 aliphatic carbocycles. The second-order valence-electron chi connectivity index (χ2n) is 5.60. The van der Waals surface area contributed by atoms with Crippen molar-refractivity contribution in [2.75, 3.05) is 10.6 Å². The molecule has 3 N–H and O–H groups in total. The lowest BCUT2D eigenvalue weighted by Crippen LogP contribution is -2.45. The number of benzene rings is 2. The Morgan fingerprint density at radius 2 is 1.88 bits per heavy atom. The Hall–Kier alpha value is -3.15. The molecule has 2 aromatic carbocycles. The van der Waals surface area contributed by atoms with Crippen LogP contribution in [0.25, 0.3) is 0 Å². The minimum absolute atomic E-state index is 0.0254. The Balaban J connectivity index is 1.73. The molecule has 6 heteroatoms. The van der Waals surface area contributed by atoms with Gasteiger partial charge >= 0.3 is 0 Å². The van der Waals surface area contributed by atoms with Crippen LogP contribution in [-0.2, 0) is 9.59 Å². The maximum atomic E-state index is 12.4. The number of aryl methyl sites for hydroxylation is 1. The summed E-state index contributed by atoms with van der Waals surface area (Å²) in [6.45, 7) is 1.95. The first kappa shape index (κ1) is 15.7. The minimum atomic E-state index is -0.759. The van der Waals surface area contributed by atoms with Gasteiger partial charge in [0.1, 0.15) is 6.04 Å². The van der Waals surface area contributed by atoms with E-state index in [9.17, 15) is 9.59 Å². The third kappa shape index (κ3) is 3.98. The van der Waals surface area contributed by atoms with E-state index in [1.165, 1.54) is 0 Å². The van der Waals surface area contributed by atoms with Gasteiger partial charge in [-0.05, 0) is 36.8 Å². The number of anilines is 2. The van der Waals surface area contributed by atoms with Gasteiger partial charge in [-0.25, -0.2) is 4.99 Å². The van der Waals surface area contributed by atoms with Crippen molar-refractivity contribution in [3.05, 3.63) is 60.2 Å². The second-order valence-corrected chi connectivity index (χ2v) is 5.60. The largest absolute Gasteiger partial charge is 0.326 e. The molecule has 0 radical (unpaired) electrons. The summed E-state index contributed by atoms with van der Waals surface area (Å²) in [6, 6.07) is 16.1. The molecular formula is C18H18N4O2. The van der Waals surface area contributed by atoms with Crippen LogP contribution in [0.3, 0.4) is 0 Å². The molecule has 1 atom stereocenters. The van der Waals surface area contributed by atoms with Gasteiger partial charge in [0.05, 0.1) is 6.42 Å². The minimum Gasteiger partial charge on any atom is -0.326 e. The first-order valence-corrected chi connectivity index (χ1v) is 7.67. The van der Waals surface area contributed by atoms with Gasteiger partial charge in [0, 0.05) is 11.4 Å². The van der Waals surface area contributed by atoms with E-state index in [2.05, 4.69) is 20.9 Å². The average Bonchev–Trinajstić information content (AvgIpc) is 2.55. The van der Waals surface area contributed by atoms with Crippen LogP contribution in [0.15, 0.2) is 59.6 Å². The number of guanidine groups is 1. The van der Waals surface area contributed by atoms with Crippen molar-refractivity contribution in [2.45, 2.75) is 19.4 Å². The predicted molar refractivity (Wildman–Crippen MR) is 93.9 cm³/mol. The van der Waals surface area contributed by atoms with Crippen LogP contribution in [0.1, 0.15) is 12.0 Å². The molecule has 1 heterocycles. The molecule has 0 saturated heterocycles. The quantitative estimate of drug-likeness (QED) is 0.811. The van der Waals surface area contributed by atoms with Gasteiger partial charge in [-0.3, -0.25) is 14.9 Å². The monoisotopic (exact) mass is 322 g/mol. The number of para-hydroxylation sites is 1. The summed E-state index contributed by atoms with van der Waals surface area (Å²) in [5, 5.41) is 8.45. The van der Waals surface area contributed by atoms with Crippen molar-refractivity contribution >= 4 is 29.1 Å². The Labute approximate surface area is 140 Å². The van der Waals surface area contributed by atoms with E-state index in [0.717, 1.165) is 11.3 Å². The topological polar surface area (TPSA) is 82.6 Å². The summed E-state index contributed by atoms with van der Waals surface area (Å²) in [5.74, 6) is -0.266. The first-order chi connectivity index (χ1) is 11.6. The van der Waals surface area contributed by atoms with Crippen LogP contribution in [0.5, 0.6) is 0 Å². The van der Waals surface area contributed by atoms with E-state index in [4.69, 9.17) is 0 Å². The van der Waals surface area contributed by atoms with Gasteiger partial charge in [-0.1, -0.05) is 30.3 Å². The van der Waals surface area contributed by atoms with Crippen LogP contribution < -0.4 is 16.0 Å². The van der Waals surface area contributed by atoms with E-state index in [-0.39, 0.29) is 24.2 Å². The summed E-state index contributed by atoms with van der Waals surface area (Å²) in [4.78, 5) is 28.6. The van der Waals surface area contributed by atoms with Gasteiger partial charge in [0.25, 0.3) is 0 Å². The van der Waals surface area contributed by atoms with Crippen LogP contribution >= 0.6 is 0 Å². The van der Waals surface area contributed by atoms with Crippen molar-refractivity contribution in [3.8, 4) is 0 Å². The zero-order valence-corrected chi connectivity index (χ0v) is 13.2. The number of amides is 2. The molecule has 2 amide bonds. The van der Waals surface area contributed by atoms with Gasteiger partial charge in [0.15, 0.2) is 0 Å². The molecular weight excluding hydrogens is 304 g/mol. The molecule has 24 heavy (non-hydrogen) atoms. The zero-order valence-electron chi connectivity index (χ0n) is 13.2. The number of rotatable bonds is 3. The molecule has 2 aromatic rings. The standard InChI is InChI=1S/C18H18N4O2/c1-12-6-5-9-14(10-12)19-17(24)15-11-16(23)22-18(21-15)20-13-7-3-2-4-8-13/h2-10,15H,11H2,1H3,(H,19,24)(H2,20,21,22,23)/t15-/m0/s1. The van der Waals surface area contributed by atoms with Crippen LogP contribution in [0.4, 0.5) is 11.4 Å². The van der Waals surface area contributed by atoms with E-state index in [0.29, 0.717) is 5.69 Å². The summed E-state index contributed by atoms with van der Waals surface area (Å²) in [5.41, 5.74) is 2.53. The van der Waals surface area contributed by atoms with E-state index < -0.39 is 6.04 Å². The highest BCUT2D eigenvalue weighted by atomic mass is 16.2. The lowest BCUT2D eigenvalue weighted by Gasteiger charge is -2.21.